The number of allylic oxidation sites excluding steroid dienone is 20. The molecule has 1 atom stereocenters. The lowest BCUT2D eigenvalue weighted by atomic mass is 10.1. The van der Waals surface area contributed by atoms with Gasteiger partial charge < -0.3 is 14.2 Å². The lowest BCUT2D eigenvalue weighted by Crippen LogP contribution is -2.30. The van der Waals surface area contributed by atoms with E-state index in [1.807, 2.05) is 36.5 Å². The molecule has 366 valence electrons. The molecule has 6 nitrogen and oxygen atoms in total. The number of esters is 3. The summed E-state index contributed by atoms with van der Waals surface area (Å²) in [6.45, 7) is 6.29. The molecule has 0 saturated carbocycles. The highest BCUT2D eigenvalue weighted by Crippen LogP contribution is 2.13. The molecule has 0 aromatic heterocycles. The minimum atomic E-state index is -0.813. The molecule has 0 N–H and O–H groups in total. The van der Waals surface area contributed by atoms with E-state index < -0.39 is 6.10 Å². The van der Waals surface area contributed by atoms with Crippen molar-refractivity contribution in [2.45, 2.75) is 219 Å². The van der Waals surface area contributed by atoms with Crippen molar-refractivity contribution in [1.82, 2.24) is 0 Å². The maximum absolute atomic E-state index is 12.8. The Morgan fingerprint density at radius 2 is 0.677 bits per heavy atom. The molecular formula is C59H94O6. The van der Waals surface area contributed by atoms with Crippen molar-refractivity contribution in [3.8, 4) is 0 Å². The van der Waals surface area contributed by atoms with Crippen LogP contribution in [0.2, 0.25) is 0 Å². The van der Waals surface area contributed by atoms with Gasteiger partial charge in [-0.1, -0.05) is 219 Å². The number of hydrogen-bond acceptors (Lipinski definition) is 6. The topological polar surface area (TPSA) is 78.9 Å². The fraction of sp³-hybridized carbons (Fsp3) is 0.610. The van der Waals surface area contributed by atoms with Gasteiger partial charge in [-0.2, -0.15) is 0 Å². The van der Waals surface area contributed by atoms with E-state index in [4.69, 9.17) is 14.2 Å². The van der Waals surface area contributed by atoms with E-state index in [-0.39, 0.29) is 31.1 Å². The lowest BCUT2D eigenvalue weighted by Gasteiger charge is -2.18. The molecule has 0 aliphatic heterocycles. The molecule has 0 aromatic carbocycles. The first-order valence-corrected chi connectivity index (χ1v) is 26.1. The van der Waals surface area contributed by atoms with Gasteiger partial charge in [-0.05, 0) is 96.3 Å². The van der Waals surface area contributed by atoms with Crippen molar-refractivity contribution < 1.29 is 28.6 Å². The minimum Gasteiger partial charge on any atom is -0.462 e. The fourth-order valence-electron chi connectivity index (χ4n) is 6.70. The van der Waals surface area contributed by atoms with Crippen molar-refractivity contribution >= 4 is 17.9 Å². The van der Waals surface area contributed by atoms with Crippen molar-refractivity contribution in [3.63, 3.8) is 0 Å². The summed E-state index contributed by atoms with van der Waals surface area (Å²) in [5.41, 5.74) is 0. The molecular weight excluding hydrogens is 805 g/mol. The zero-order chi connectivity index (χ0) is 47.2. The van der Waals surface area contributed by atoms with Gasteiger partial charge in [0, 0.05) is 19.3 Å². The first-order chi connectivity index (χ1) is 32.0. The van der Waals surface area contributed by atoms with Gasteiger partial charge in [0.15, 0.2) is 6.10 Å². The first-order valence-electron chi connectivity index (χ1n) is 26.1. The van der Waals surface area contributed by atoms with Crippen LogP contribution in [0.1, 0.15) is 213 Å². The molecule has 0 aromatic rings. The van der Waals surface area contributed by atoms with E-state index in [9.17, 15) is 14.4 Å². The Balaban J connectivity index is 4.52. The van der Waals surface area contributed by atoms with E-state index in [0.717, 1.165) is 128 Å². The molecule has 0 aliphatic carbocycles. The van der Waals surface area contributed by atoms with Crippen molar-refractivity contribution in [3.05, 3.63) is 122 Å². The standard InChI is InChI=1S/C59H94O6/c1-4-7-10-13-16-19-22-25-27-29-30-32-34-37-40-43-46-49-52-58(61)64-55-56(54-63-57(60)51-48-45-42-39-36-33-24-21-18-15-12-9-6-3)65-59(62)53-50-47-44-41-38-35-31-28-26-23-20-17-14-11-8-5-2/h8-9,11-12,15,17-18,20-22,24-30,32-33,36,56H,4-7,10,13-14,16,19,23,31,34-35,37-55H2,1-3H3/b11-8+,12-9+,18-15+,20-17+,24-21+,25-22+,28-26+,29-27+,32-30+,36-33+. The van der Waals surface area contributed by atoms with Gasteiger partial charge >= 0.3 is 17.9 Å². The van der Waals surface area contributed by atoms with Gasteiger partial charge in [0.25, 0.3) is 0 Å². The predicted octanol–water partition coefficient (Wildman–Crippen LogP) is 17.3. The van der Waals surface area contributed by atoms with Crippen LogP contribution < -0.4 is 0 Å². The molecule has 0 saturated heterocycles. The van der Waals surface area contributed by atoms with Crippen LogP contribution in [0.25, 0.3) is 0 Å². The fourth-order valence-corrected chi connectivity index (χ4v) is 6.70. The molecule has 65 heavy (non-hydrogen) atoms. The van der Waals surface area contributed by atoms with Crippen LogP contribution in [0.5, 0.6) is 0 Å². The van der Waals surface area contributed by atoms with Gasteiger partial charge in [-0.3, -0.25) is 14.4 Å². The van der Waals surface area contributed by atoms with Crippen LogP contribution in [0.4, 0.5) is 0 Å². The average Bonchev–Trinajstić information content (AvgIpc) is 3.30. The van der Waals surface area contributed by atoms with Crippen LogP contribution >= 0.6 is 0 Å². The molecule has 0 heterocycles. The van der Waals surface area contributed by atoms with E-state index >= 15 is 0 Å². The highest BCUT2D eigenvalue weighted by Gasteiger charge is 2.19. The Bertz CT molecular complexity index is 1400. The summed E-state index contributed by atoms with van der Waals surface area (Å²) in [7, 11) is 0. The molecule has 0 spiro atoms. The van der Waals surface area contributed by atoms with E-state index in [0.29, 0.717) is 19.3 Å². The number of ether oxygens (including phenoxy) is 3. The Hall–Kier alpha value is -4.19. The summed E-state index contributed by atoms with van der Waals surface area (Å²) in [6.07, 6.45) is 71.8. The van der Waals surface area contributed by atoms with Gasteiger partial charge in [0.1, 0.15) is 13.2 Å². The van der Waals surface area contributed by atoms with Crippen molar-refractivity contribution in [2.24, 2.45) is 0 Å². The summed E-state index contributed by atoms with van der Waals surface area (Å²) >= 11 is 0. The average molecular weight is 899 g/mol. The monoisotopic (exact) mass is 899 g/mol. The van der Waals surface area contributed by atoms with Crippen LogP contribution in [0, 0.1) is 0 Å². The van der Waals surface area contributed by atoms with Crippen molar-refractivity contribution in [1.29, 1.82) is 0 Å². The van der Waals surface area contributed by atoms with Crippen molar-refractivity contribution in [2.75, 3.05) is 13.2 Å². The molecule has 0 bridgehead atoms. The maximum Gasteiger partial charge on any atom is 0.306 e. The van der Waals surface area contributed by atoms with Gasteiger partial charge in [0.05, 0.1) is 0 Å². The Morgan fingerprint density at radius 1 is 0.338 bits per heavy atom. The molecule has 6 heteroatoms. The summed E-state index contributed by atoms with van der Waals surface area (Å²) in [5, 5.41) is 0. The lowest BCUT2D eigenvalue weighted by molar-refractivity contribution is -0.167. The van der Waals surface area contributed by atoms with Gasteiger partial charge in [-0.15, -0.1) is 0 Å². The Labute approximate surface area is 399 Å². The Kier molecular flexibility index (Phi) is 49.1. The molecule has 0 amide bonds. The SMILES string of the molecule is CC/C=C/C=C/C=C/C=C/CCCCCC(=O)OCC(COC(=O)CCCCCCC/C=C/C=C/C=C/CCCCCCC)OC(=O)CCCCCCCC/C=C/C/C=C/C/C=C/CC. The van der Waals surface area contributed by atoms with E-state index in [1.165, 1.54) is 44.9 Å². The summed E-state index contributed by atoms with van der Waals surface area (Å²) in [5.74, 6) is -0.989. The Morgan fingerprint density at radius 3 is 1.14 bits per heavy atom. The molecule has 0 fully saturated rings. The molecule has 0 rings (SSSR count). The minimum absolute atomic E-state index is 0.111. The highest BCUT2D eigenvalue weighted by molar-refractivity contribution is 5.71. The number of unbranched alkanes of at least 4 members (excludes halogenated alkanes) is 19. The molecule has 0 radical (unpaired) electrons. The third-order valence-corrected chi connectivity index (χ3v) is 10.6. The summed E-state index contributed by atoms with van der Waals surface area (Å²) < 4.78 is 16.7. The van der Waals surface area contributed by atoms with Crippen LogP contribution in [0.15, 0.2) is 122 Å². The van der Waals surface area contributed by atoms with Crippen LogP contribution in [-0.4, -0.2) is 37.2 Å². The summed E-state index contributed by atoms with van der Waals surface area (Å²) in [4.78, 5) is 38.0. The number of carbonyl (C=O) groups excluding carboxylic acids is 3. The summed E-state index contributed by atoms with van der Waals surface area (Å²) in [6, 6.07) is 0. The van der Waals surface area contributed by atoms with E-state index in [2.05, 4.69) is 106 Å². The highest BCUT2D eigenvalue weighted by atomic mass is 16.6. The van der Waals surface area contributed by atoms with Crippen LogP contribution in [0.3, 0.4) is 0 Å². The zero-order valence-electron chi connectivity index (χ0n) is 41.7. The third-order valence-electron chi connectivity index (χ3n) is 10.6. The first kappa shape index (κ1) is 60.8. The van der Waals surface area contributed by atoms with Crippen LogP contribution in [-0.2, 0) is 28.6 Å². The second-order valence-electron chi connectivity index (χ2n) is 16.8. The zero-order valence-corrected chi connectivity index (χ0v) is 41.7. The van der Waals surface area contributed by atoms with Gasteiger partial charge in [0.2, 0.25) is 0 Å². The quantitative estimate of drug-likeness (QED) is 0.0199. The molecule has 1 unspecified atom stereocenters. The smallest absolute Gasteiger partial charge is 0.306 e. The second-order valence-corrected chi connectivity index (χ2v) is 16.8. The maximum atomic E-state index is 12.8. The largest absolute Gasteiger partial charge is 0.462 e. The van der Waals surface area contributed by atoms with E-state index in [1.54, 1.807) is 0 Å². The number of carbonyl (C=O) groups is 3. The number of rotatable bonds is 45. The second kappa shape index (κ2) is 52.4. The third kappa shape index (κ3) is 50.7. The molecule has 0 aliphatic rings. The van der Waals surface area contributed by atoms with Gasteiger partial charge in [-0.25, -0.2) is 0 Å². The normalized spacial score (nSPS) is 13.1. The predicted molar refractivity (Wildman–Crippen MR) is 279 cm³/mol. The number of hydrogen-bond donors (Lipinski definition) is 0.